The Labute approximate surface area is 173 Å². The minimum Gasteiger partial charge on any atom is -0.374 e. The number of unbranched alkanes of at least 4 members (excludes halogenated alkanes) is 1. The van der Waals surface area contributed by atoms with Crippen molar-refractivity contribution in [1.29, 1.82) is 0 Å². The minimum absolute atomic E-state index is 0.181. The standard InChI is InChI=1S/C25H30O4/c1-2-3-10-17-27-25-16-15-23(28-19-22-13-8-5-9-14-22)24(29-25)20-26-18-21-11-6-4-7-12-21/h2,4-9,11-16,23-25H,1,3,10,17-20H2/t23-,24+,25-/m0/s1. The van der Waals surface area contributed by atoms with Crippen LogP contribution in [0.2, 0.25) is 0 Å². The molecule has 3 atom stereocenters. The molecule has 2 aromatic rings. The summed E-state index contributed by atoms with van der Waals surface area (Å²) < 4.78 is 24.0. The highest BCUT2D eigenvalue weighted by molar-refractivity contribution is 5.14. The van der Waals surface area contributed by atoms with Crippen LogP contribution in [0.1, 0.15) is 24.0 Å². The summed E-state index contributed by atoms with van der Waals surface area (Å²) >= 11 is 0. The number of hydrogen-bond acceptors (Lipinski definition) is 4. The normalized spacial score (nSPS) is 21.2. The van der Waals surface area contributed by atoms with Gasteiger partial charge in [0.25, 0.3) is 0 Å². The summed E-state index contributed by atoms with van der Waals surface area (Å²) in [5.74, 6) is 0. The molecule has 3 rings (SSSR count). The topological polar surface area (TPSA) is 36.9 Å². The van der Waals surface area contributed by atoms with Crippen LogP contribution in [0.3, 0.4) is 0 Å². The van der Waals surface area contributed by atoms with Gasteiger partial charge in [-0.05, 0) is 30.0 Å². The Hall–Kier alpha value is -2.24. The number of rotatable bonds is 12. The van der Waals surface area contributed by atoms with Crippen LogP contribution in [0.4, 0.5) is 0 Å². The lowest BCUT2D eigenvalue weighted by Gasteiger charge is -2.32. The first-order chi connectivity index (χ1) is 14.3. The fourth-order valence-corrected chi connectivity index (χ4v) is 3.07. The minimum atomic E-state index is -0.373. The third kappa shape index (κ3) is 7.59. The SMILES string of the molecule is C=CCCCO[C@@H]1C=C[C@H](OCc2ccccc2)[C@@H](COCc2ccccc2)O1. The summed E-state index contributed by atoms with van der Waals surface area (Å²) in [5.41, 5.74) is 2.27. The molecule has 1 aliphatic heterocycles. The van der Waals surface area contributed by atoms with Crippen LogP contribution >= 0.6 is 0 Å². The Morgan fingerprint density at radius 1 is 0.862 bits per heavy atom. The predicted molar refractivity (Wildman–Crippen MR) is 114 cm³/mol. The van der Waals surface area contributed by atoms with Gasteiger partial charge in [-0.3, -0.25) is 0 Å². The zero-order valence-electron chi connectivity index (χ0n) is 16.8. The highest BCUT2D eigenvalue weighted by Crippen LogP contribution is 2.20. The van der Waals surface area contributed by atoms with Gasteiger partial charge in [0.05, 0.1) is 26.4 Å². The van der Waals surface area contributed by atoms with E-state index in [9.17, 15) is 0 Å². The summed E-state index contributed by atoms with van der Waals surface area (Å²) in [5, 5.41) is 0. The second-order valence-electron chi connectivity index (χ2n) is 6.99. The fraction of sp³-hybridized carbons (Fsp3) is 0.360. The number of allylic oxidation sites excluding steroid dienone is 1. The number of hydrogen-bond donors (Lipinski definition) is 0. The van der Waals surface area contributed by atoms with Crippen molar-refractivity contribution in [3.8, 4) is 0 Å². The van der Waals surface area contributed by atoms with E-state index in [1.54, 1.807) is 0 Å². The van der Waals surface area contributed by atoms with Crippen LogP contribution in [0.15, 0.2) is 85.5 Å². The van der Waals surface area contributed by atoms with Gasteiger partial charge < -0.3 is 18.9 Å². The lowest BCUT2D eigenvalue weighted by molar-refractivity contribution is -0.195. The summed E-state index contributed by atoms with van der Waals surface area (Å²) in [6.45, 7) is 5.88. The smallest absolute Gasteiger partial charge is 0.177 e. The van der Waals surface area contributed by atoms with Gasteiger partial charge in [0.2, 0.25) is 0 Å². The average molecular weight is 395 g/mol. The molecule has 1 aliphatic rings. The zero-order valence-corrected chi connectivity index (χ0v) is 16.8. The van der Waals surface area contributed by atoms with Gasteiger partial charge in [-0.2, -0.15) is 0 Å². The van der Waals surface area contributed by atoms with Gasteiger partial charge in [-0.1, -0.05) is 72.8 Å². The second kappa shape index (κ2) is 12.3. The Balaban J connectivity index is 1.54. The van der Waals surface area contributed by atoms with E-state index in [0.29, 0.717) is 26.4 Å². The first-order valence-electron chi connectivity index (χ1n) is 10.2. The largest absolute Gasteiger partial charge is 0.374 e. The molecule has 0 radical (unpaired) electrons. The molecule has 0 N–H and O–H groups in total. The van der Waals surface area contributed by atoms with Crippen molar-refractivity contribution in [1.82, 2.24) is 0 Å². The van der Waals surface area contributed by atoms with Gasteiger partial charge in [-0.15, -0.1) is 6.58 Å². The molecule has 0 fully saturated rings. The van der Waals surface area contributed by atoms with Gasteiger partial charge in [0.15, 0.2) is 6.29 Å². The van der Waals surface area contributed by atoms with E-state index in [0.717, 1.165) is 24.0 Å². The summed E-state index contributed by atoms with van der Waals surface area (Å²) in [6.07, 6.45) is 6.94. The Bertz CT molecular complexity index is 729. The zero-order chi connectivity index (χ0) is 20.2. The van der Waals surface area contributed by atoms with E-state index in [-0.39, 0.29) is 18.5 Å². The van der Waals surface area contributed by atoms with Gasteiger partial charge in [0, 0.05) is 0 Å². The molecule has 0 bridgehead atoms. The third-order valence-corrected chi connectivity index (χ3v) is 4.65. The summed E-state index contributed by atoms with van der Waals surface area (Å²) in [4.78, 5) is 0. The van der Waals surface area contributed by atoms with Crippen LogP contribution < -0.4 is 0 Å². The first kappa shape index (κ1) is 21.5. The van der Waals surface area contributed by atoms with Gasteiger partial charge in [-0.25, -0.2) is 0 Å². The molecule has 154 valence electrons. The van der Waals surface area contributed by atoms with Crippen LogP contribution in [0, 0.1) is 0 Å². The van der Waals surface area contributed by atoms with Crippen molar-refractivity contribution < 1.29 is 18.9 Å². The van der Waals surface area contributed by atoms with Crippen LogP contribution in [-0.2, 0) is 32.2 Å². The number of ether oxygens (including phenoxy) is 4. The third-order valence-electron chi connectivity index (χ3n) is 4.65. The monoisotopic (exact) mass is 394 g/mol. The van der Waals surface area contributed by atoms with Crippen molar-refractivity contribution in [2.45, 2.75) is 44.6 Å². The molecule has 0 aliphatic carbocycles. The van der Waals surface area contributed by atoms with Gasteiger partial charge >= 0.3 is 0 Å². The molecule has 0 aromatic heterocycles. The van der Waals surface area contributed by atoms with E-state index >= 15 is 0 Å². The molecular formula is C25H30O4. The van der Waals surface area contributed by atoms with E-state index in [2.05, 4.69) is 30.8 Å². The first-order valence-corrected chi connectivity index (χ1v) is 10.2. The molecule has 4 heteroatoms. The lowest BCUT2D eigenvalue weighted by atomic mass is 10.1. The van der Waals surface area contributed by atoms with Crippen LogP contribution in [0.25, 0.3) is 0 Å². The highest BCUT2D eigenvalue weighted by atomic mass is 16.7. The molecule has 0 unspecified atom stereocenters. The second-order valence-corrected chi connectivity index (χ2v) is 6.99. The van der Waals surface area contributed by atoms with E-state index in [1.807, 2.05) is 54.6 Å². The van der Waals surface area contributed by atoms with E-state index in [1.165, 1.54) is 0 Å². The summed E-state index contributed by atoms with van der Waals surface area (Å²) in [7, 11) is 0. The maximum absolute atomic E-state index is 6.12. The molecule has 0 spiro atoms. The van der Waals surface area contributed by atoms with Crippen molar-refractivity contribution in [2.24, 2.45) is 0 Å². The van der Waals surface area contributed by atoms with Gasteiger partial charge in [0.1, 0.15) is 12.2 Å². The Morgan fingerprint density at radius 3 is 2.24 bits per heavy atom. The van der Waals surface area contributed by atoms with Crippen LogP contribution in [0.5, 0.6) is 0 Å². The number of benzene rings is 2. The van der Waals surface area contributed by atoms with Crippen molar-refractivity contribution in [3.05, 3.63) is 96.6 Å². The quantitative estimate of drug-likeness (QED) is 0.373. The van der Waals surface area contributed by atoms with Crippen molar-refractivity contribution in [3.63, 3.8) is 0 Å². The van der Waals surface area contributed by atoms with E-state index in [4.69, 9.17) is 18.9 Å². The fourth-order valence-electron chi connectivity index (χ4n) is 3.07. The summed E-state index contributed by atoms with van der Waals surface area (Å²) in [6, 6.07) is 20.3. The molecule has 0 saturated heterocycles. The molecule has 1 heterocycles. The maximum Gasteiger partial charge on any atom is 0.177 e. The molecule has 0 saturated carbocycles. The Kier molecular flexibility index (Phi) is 9.14. The molecular weight excluding hydrogens is 364 g/mol. The molecule has 4 nitrogen and oxygen atoms in total. The maximum atomic E-state index is 6.12. The predicted octanol–water partition coefficient (Wildman–Crippen LogP) is 5.05. The molecule has 0 amide bonds. The molecule has 2 aromatic carbocycles. The van der Waals surface area contributed by atoms with Crippen LogP contribution in [-0.4, -0.2) is 31.7 Å². The lowest BCUT2D eigenvalue weighted by Crippen LogP contribution is -2.41. The average Bonchev–Trinajstić information content (AvgIpc) is 2.77. The highest BCUT2D eigenvalue weighted by Gasteiger charge is 2.28. The van der Waals surface area contributed by atoms with Crippen molar-refractivity contribution in [2.75, 3.05) is 13.2 Å². The molecule has 29 heavy (non-hydrogen) atoms. The van der Waals surface area contributed by atoms with Crippen molar-refractivity contribution >= 4 is 0 Å². The van der Waals surface area contributed by atoms with E-state index < -0.39 is 0 Å². The Morgan fingerprint density at radius 2 is 1.55 bits per heavy atom.